The van der Waals surface area contributed by atoms with E-state index < -0.39 is 9.84 Å². The Bertz CT molecular complexity index is 338. The molecule has 0 bridgehead atoms. The van der Waals surface area contributed by atoms with Gasteiger partial charge in [0.15, 0.2) is 9.84 Å². The molecule has 1 saturated carbocycles. The van der Waals surface area contributed by atoms with Crippen LogP contribution >= 0.6 is 0 Å². The standard InChI is InChI=1S/C12H24N2O2S/c1-2-7-14(12-3-4-12)8-6-13-11-5-9-17(15,16)10-11/h11-13H,2-10H2,1H3. The van der Waals surface area contributed by atoms with Crippen LogP contribution in [0.2, 0.25) is 0 Å². The van der Waals surface area contributed by atoms with Crippen LogP contribution in [0.4, 0.5) is 0 Å². The molecule has 2 rings (SSSR count). The molecule has 1 unspecified atom stereocenters. The van der Waals surface area contributed by atoms with Crippen LogP contribution in [-0.4, -0.2) is 56.5 Å². The highest BCUT2D eigenvalue weighted by molar-refractivity contribution is 7.91. The fraction of sp³-hybridized carbons (Fsp3) is 1.00. The zero-order valence-corrected chi connectivity index (χ0v) is 11.5. The Morgan fingerprint density at radius 1 is 1.24 bits per heavy atom. The Morgan fingerprint density at radius 2 is 2.00 bits per heavy atom. The Morgan fingerprint density at radius 3 is 2.53 bits per heavy atom. The lowest BCUT2D eigenvalue weighted by atomic mass is 10.2. The molecule has 2 fully saturated rings. The van der Waals surface area contributed by atoms with E-state index in [0.717, 1.165) is 25.6 Å². The average molecular weight is 260 g/mol. The highest BCUT2D eigenvalue weighted by Crippen LogP contribution is 2.26. The van der Waals surface area contributed by atoms with Crippen molar-refractivity contribution in [3.05, 3.63) is 0 Å². The second kappa shape index (κ2) is 5.67. The second-order valence-corrected chi connectivity index (χ2v) is 7.55. The molecule has 0 radical (unpaired) electrons. The lowest BCUT2D eigenvalue weighted by Crippen LogP contribution is -2.39. The third kappa shape index (κ3) is 4.23. The summed E-state index contributed by atoms with van der Waals surface area (Å²) in [6.07, 6.45) is 4.68. The molecule has 0 amide bonds. The van der Waals surface area contributed by atoms with Gasteiger partial charge < -0.3 is 5.32 Å². The van der Waals surface area contributed by atoms with E-state index in [1.165, 1.54) is 25.8 Å². The highest BCUT2D eigenvalue weighted by atomic mass is 32.2. The summed E-state index contributed by atoms with van der Waals surface area (Å²) in [6, 6.07) is 1.01. The van der Waals surface area contributed by atoms with Gasteiger partial charge in [-0.1, -0.05) is 6.92 Å². The third-order valence-corrected chi connectivity index (χ3v) is 5.41. The maximum absolute atomic E-state index is 11.3. The fourth-order valence-corrected chi connectivity index (χ4v) is 4.28. The van der Waals surface area contributed by atoms with Gasteiger partial charge in [-0.2, -0.15) is 0 Å². The van der Waals surface area contributed by atoms with Crippen molar-refractivity contribution in [3.63, 3.8) is 0 Å². The van der Waals surface area contributed by atoms with Gasteiger partial charge in [0.2, 0.25) is 0 Å². The van der Waals surface area contributed by atoms with Gasteiger partial charge in [0.25, 0.3) is 0 Å². The van der Waals surface area contributed by atoms with Gasteiger partial charge in [0, 0.05) is 25.2 Å². The van der Waals surface area contributed by atoms with Crippen LogP contribution in [0.3, 0.4) is 0 Å². The first-order valence-corrected chi connectivity index (χ1v) is 8.61. The number of nitrogens with one attached hydrogen (secondary N) is 1. The minimum atomic E-state index is -2.74. The van der Waals surface area contributed by atoms with Crippen molar-refractivity contribution in [2.75, 3.05) is 31.1 Å². The van der Waals surface area contributed by atoms with E-state index in [-0.39, 0.29) is 6.04 Å². The smallest absolute Gasteiger partial charge is 0.151 e. The Hall–Kier alpha value is -0.130. The van der Waals surface area contributed by atoms with Crippen LogP contribution in [0.5, 0.6) is 0 Å². The zero-order chi connectivity index (χ0) is 12.3. The maximum Gasteiger partial charge on any atom is 0.151 e. The summed E-state index contributed by atoms with van der Waals surface area (Å²) in [5.74, 6) is 0.705. The predicted octanol–water partition coefficient (Wildman–Crippen LogP) is 0.638. The quantitative estimate of drug-likeness (QED) is 0.730. The van der Waals surface area contributed by atoms with E-state index in [1.807, 2.05) is 0 Å². The second-order valence-electron chi connectivity index (χ2n) is 5.32. The summed E-state index contributed by atoms with van der Waals surface area (Å²) in [5, 5.41) is 3.39. The largest absolute Gasteiger partial charge is 0.312 e. The third-order valence-electron chi connectivity index (χ3n) is 3.64. The summed E-state index contributed by atoms with van der Waals surface area (Å²) >= 11 is 0. The molecule has 0 aromatic carbocycles. The van der Waals surface area contributed by atoms with Gasteiger partial charge in [-0.3, -0.25) is 4.90 Å². The Labute approximate surface area is 105 Å². The van der Waals surface area contributed by atoms with E-state index in [2.05, 4.69) is 17.1 Å². The van der Waals surface area contributed by atoms with Gasteiger partial charge >= 0.3 is 0 Å². The molecular weight excluding hydrogens is 236 g/mol. The first-order valence-electron chi connectivity index (χ1n) is 6.78. The van der Waals surface area contributed by atoms with Crippen LogP contribution in [0, 0.1) is 0 Å². The van der Waals surface area contributed by atoms with Gasteiger partial charge in [0.05, 0.1) is 11.5 Å². The summed E-state index contributed by atoms with van der Waals surface area (Å²) in [7, 11) is -2.74. The van der Waals surface area contributed by atoms with Crippen molar-refractivity contribution in [1.82, 2.24) is 10.2 Å². The van der Waals surface area contributed by atoms with E-state index in [4.69, 9.17) is 0 Å². The molecule has 1 saturated heterocycles. The number of rotatable bonds is 7. The van der Waals surface area contributed by atoms with Gasteiger partial charge in [-0.25, -0.2) is 8.42 Å². The van der Waals surface area contributed by atoms with Gasteiger partial charge in [-0.05, 0) is 32.2 Å². The minimum Gasteiger partial charge on any atom is -0.312 e. The molecule has 17 heavy (non-hydrogen) atoms. The molecule has 1 N–H and O–H groups in total. The number of hydrogen-bond acceptors (Lipinski definition) is 4. The van der Waals surface area contributed by atoms with Crippen LogP contribution in [0.15, 0.2) is 0 Å². The van der Waals surface area contributed by atoms with E-state index in [0.29, 0.717) is 11.5 Å². The van der Waals surface area contributed by atoms with Gasteiger partial charge in [0.1, 0.15) is 0 Å². The Kier molecular flexibility index (Phi) is 4.44. The first-order chi connectivity index (χ1) is 8.11. The van der Waals surface area contributed by atoms with Crippen molar-refractivity contribution in [1.29, 1.82) is 0 Å². The van der Waals surface area contributed by atoms with Gasteiger partial charge in [-0.15, -0.1) is 0 Å². The van der Waals surface area contributed by atoms with Crippen LogP contribution in [0.1, 0.15) is 32.6 Å². The summed E-state index contributed by atoms with van der Waals surface area (Å²) < 4.78 is 22.6. The number of hydrogen-bond donors (Lipinski definition) is 1. The first kappa shape index (κ1) is 13.3. The normalized spacial score (nSPS) is 27.8. The average Bonchev–Trinajstić information content (AvgIpc) is 3.03. The van der Waals surface area contributed by atoms with Crippen molar-refractivity contribution >= 4 is 9.84 Å². The number of sulfone groups is 1. The minimum absolute atomic E-state index is 0.197. The fourth-order valence-electron chi connectivity index (χ4n) is 2.57. The molecule has 1 atom stereocenters. The lowest BCUT2D eigenvalue weighted by molar-refractivity contribution is 0.260. The molecule has 1 aliphatic carbocycles. The van der Waals surface area contributed by atoms with Crippen molar-refractivity contribution < 1.29 is 8.42 Å². The van der Waals surface area contributed by atoms with Crippen LogP contribution < -0.4 is 5.32 Å². The van der Waals surface area contributed by atoms with Crippen LogP contribution in [0.25, 0.3) is 0 Å². The molecule has 0 spiro atoms. The molecule has 100 valence electrons. The monoisotopic (exact) mass is 260 g/mol. The molecule has 1 aliphatic heterocycles. The molecular formula is C12H24N2O2S. The topological polar surface area (TPSA) is 49.4 Å². The van der Waals surface area contributed by atoms with Crippen LogP contribution in [-0.2, 0) is 9.84 Å². The molecule has 2 aliphatic rings. The van der Waals surface area contributed by atoms with Crippen molar-refractivity contribution in [2.24, 2.45) is 0 Å². The lowest BCUT2D eigenvalue weighted by Gasteiger charge is -2.22. The summed E-state index contributed by atoms with van der Waals surface area (Å²) in [5.41, 5.74) is 0. The van der Waals surface area contributed by atoms with E-state index in [1.54, 1.807) is 0 Å². The zero-order valence-electron chi connectivity index (χ0n) is 10.7. The predicted molar refractivity (Wildman–Crippen MR) is 69.9 cm³/mol. The molecule has 5 heteroatoms. The molecule has 4 nitrogen and oxygen atoms in total. The van der Waals surface area contributed by atoms with Crippen molar-refractivity contribution in [3.8, 4) is 0 Å². The molecule has 0 aromatic rings. The van der Waals surface area contributed by atoms with E-state index >= 15 is 0 Å². The highest BCUT2D eigenvalue weighted by Gasteiger charge is 2.29. The molecule has 1 heterocycles. The SMILES string of the molecule is CCCN(CCNC1CCS(=O)(=O)C1)C1CC1. The van der Waals surface area contributed by atoms with E-state index in [9.17, 15) is 8.42 Å². The summed E-state index contributed by atoms with van der Waals surface area (Å²) in [4.78, 5) is 2.54. The Balaban J connectivity index is 1.65. The van der Waals surface area contributed by atoms with Crippen molar-refractivity contribution in [2.45, 2.75) is 44.7 Å². The maximum atomic E-state index is 11.3. The molecule has 0 aromatic heterocycles. The number of nitrogens with zero attached hydrogens (tertiary/aromatic N) is 1. The summed E-state index contributed by atoms with van der Waals surface area (Å²) in [6.45, 7) is 5.38.